The molecule has 0 amide bonds. The first-order chi connectivity index (χ1) is 4.84. The molecular weight excluding hydrogens is 147 g/mol. The van der Waals surface area contributed by atoms with Crippen molar-refractivity contribution in [1.82, 2.24) is 0 Å². The highest BCUT2D eigenvalue weighted by Gasteiger charge is 2.15. The number of benzene rings is 1. The third kappa shape index (κ3) is 1.63. The van der Waals surface area contributed by atoms with Crippen molar-refractivity contribution in [3.8, 4) is 0 Å². The van der Waals surface area contributed by atoms with E-state index in [0.29, 0.717) is 5.30 Å². The largest absolute Gasteiger partial charge is 0.404 e. The maximum Gasteiger partial charge on any atom is 0.404 e. The Balaban J connectivity index is 2.85. The molecule has 0 saturated heterocycles. The van der Waals surface area contributed by atoms with Crippen LogP contribution in [0, 0.1) is 0 Å². The van der Waals surface area contributed by atoms with Gasteiger partial charge >= 0.3 is 7.80 Å². The van der Waals surface area contributed by atoms with Gasteiger partial charge in [0.15, 0.2) is 5.30 Å². The molecule has 1 rings (SSSR count). The molecule has 3 heteroatoms. The van der Waals surface area contributed by atoms with E-state index in [2.05, 4.69) is 0 Å². The number of aliphatic hydroxyl groups excluding tert-OH is 1. The maximum absolute atomic E-state index is 10.9. The van der Waals surface area contributed by atoms with Crippen LogP contribution in [0.5, 0.6) is 0 Å². The molecular formula is C7H8O2P+. The summed E-state index contributed by atoms with van der Waals surface area (Å²) in [4.78, 5) is 0. The van der Waals surface area contributed by atoms with Gasteiger partial charge in [0.05, 0.1) is 0 Å². The Hall–Kier alpha value is -0.720. The maximum atomic E-state index is 10.9. The van der Waals surface area contributed by atoms with Crippen LogP contribution in [0.25, 0.3) is 0 Å². The fourth-order valence-corrected chi connectivity index (χ4v) is 1.34. The fraction of sp³-hybridized carbons (Fsp3) is 0.143. The summed E-state index contributed by atoms with van der Waals surface area (Å²) in [5, 5.41) is 9.21. The van der Waals surface area contributed by atoms with E-state index in [-0.39, 0.29) is 6.35 Å². The van der Waals surface area contributed by atoms with Crippen molar-refractivity contribution in [1.29, 1.82) is 0 Å². The van der Waals surface area contributed by atoms with Gasteiger partial charge in [0.25, 0.3) is 0 Å². The minimum absolute atomic E-state index is 0.265. The second-order valence-corrected chi connectivity index (χ2v) is 3.41. The van der Waals surface area contributed by atoms with Crippen LogP contribution >= 0.6 is 7.80 Å². The molecule has 1 N–H and O–H groups in total. The van der Waals surface area contributed by atoms with Crippen molar-refractivity contribution in [2.45, 2.75) is 0 Å². The average Bonchev–Trinajstić information content (AvgIpc) is 2.05. The zero-order valence-electron chi connectivity index (χ0n) is 5.40. The van der Waals surface area contributed by atoms with E-state index in [9.17, 15) is 4.57 Å². The monoisotopic (exact) mass is 155 g/mol. The quantitative estimate of drug-likeness (QED) is 0.649. The van der Waals surface area contributed by atoms with Crippen molar-refractivity contribution < 1.29 is 9.67 Å². The molecule has 0 fully saturated rings. The van der Waals surface area contributed by atoms with Crippen molar-refractivity contribution >= 4 is 13.1 Å². The summed E-state index contributed by atoms with van der Waals surface area (Å²) in [5.41, 5.74) is 0. The van der Waals surface area contributed by atoms with Crippen LogP contribution in [-0.4, -0.2) is 11.5 Å². The lowest BCUT2D eigenvalue weighted by Gasteiger charge is -1.81. The van der Waals surface area contributed by atoms with Crippen molar-refractivity contribution in [3.05, 3.63) is 30.3 Å². The van der Waals surface area contributed by atoms with Gasteiger partial charge in [0.1, 0.15) is 0 Å². The predicted octanol–water partition coefficient (Wildman–Crippen LogP) is 1.09. The lowest BCUT2D eigenvalue weighted by molar-refractivity contribution is 0.364. The molecule has 0 aliphatic carbocycles. The van der Waals surface area contributed by atoms with Crippen LogP contribution in [0.1, 0.15) is 0 Å². The van der Waals surface area contributed by atoms with Gasteiger partial charge < -0.3 is 5.11 Å². The van der Waals surface area contributed by atoms with E-state index >= 15 is 0 Å². The van der Waals surface area contributed by atoms with Crippen LogP contribution in [0.4, 0.5) is 0 Å². The molecule has 1 unspecified atom stereocenters. The summed E-state index contributed by atoms with van der Waals surface area (Å²) in [5.74, 6) is 0. The molecule has 10 heavy (non-hydrogen) atoms. The van der Waals surface area contributed by atoms with E-state index in [0.717, 1.165) is 0 Å². The summed E-state index contributed by atoms with van der Waals surface area (Å²) in [6.07, 6.45) is -0.265. The molecule has 0 bridgehead atoms. The summed E-state index contributed by atoms with van der Waals surface area (Å²) >= 11 is 0. The molecule has 0 heterocycles. The van der Waals surface area contributed by atoms with Crippen LogP contribution in [-0.2, 0) is 4.57 Å². The Morgan fingerprint density at radius 2 is 1.90 bits per heavy atom. The zero-order chi connectivity index (χ0) is 7.40. The van der Waals surface area contributed by atoms with Gasteiger partial charge in [0.2, 0.25) is 6.35 Å². The molecule has 0 aromatic heterocycles. The van der Waals surface area contributed by atoms with Crippen molar-refractivity contribution in [3.63, 3.8) is 0 Å². The summed E-state index contributed by atoms with van der Waals surface area (Å²) < 4.78 is 10.9. The third-order valence-corrected chi connectivity index (χ3v) is 2.30. The first-order valence-electron chi connectivity index (χ1n) is 2.95. The molecule has 0 saturated carbocycles. The summed E-state index contributed by atoms with van der Waals surface area (Å²) in [6, 6.07) is 8.95. The number of hydrogen-bond acceptors (Lipinski definition) is 2. The molecule has 1 atom stereocenters. The van der Waals surface area contributed by atoms with Gasteiger partial charge in [0, 0.05) is 0 Å². The van der Waals surface area contributed by atoms with Gasteiger partial charge in [-0.15, -0.1) is 0 Å². The molecule has 52 valence electrons. The Labute approximate surface area is 60.3 Å². The van der Waals surface area contributed by atoms with Crippen molar-refractivity contribution in [2.24, 2.45) is 0 Å². The Morgan fingerprint density at radius 3 is 2.40 bits per heavy atom. The van der Waals surface area contributed by atoms with E-state index < -0.39 is 7.80 Å². The molecule has 0 spiro atoms. The van der Waals surface area contributed by atoms with E-state index in [4.69, 9.17) is 5.11 Å². The lowest BCUT2D eigenvalue weighted by Crippen LogP contribution is -1.95. The Bertz CT molecular complexity index is 220. The highest BCUT2D eigenvalue weighted by Crippen LogP contribution is 2.16. The molecule has 1 aromatic carbocycles. The topological polar surface area (TPSA) is 37.3 Å². The zero-order valence-corrected chi connectivity index (χ0v) is 6.29. The van der Waals surface area contributed by atoms with Gasteiger partial charge in [-0.1, -0.05) is 22.8 Å². The second kappa shape index (κ2) is 3.45. The SMILES string of the molecule is O=[P+](CO)c1ccccc1. The molecule has 1 aromatic rings. The highest BCUT2D eigenvalue weighted by atomic mass is 31.1. The Kier molecular flexibility index (Phi) is 2.55. The molecule has 0 aliphatic heterocycles. The first-order valence-corrected chi connectivity index (χ1v) is 4.39. The molecule has 2 nitrogen and oxygen atoms in total. The van der Waals surface area contributed by atoms with E-state index in [1.165, 1.54) is 0 Å². The van der Waals surface area contributed by atoms with Gasteiger partial charge in [-0.3, -0.25) is 0 Å². The molecule has 0 radical (unpaired) electrons. The highest BCUT2D eigenvalue weighted by molar-refractivity contribution is 7.53. The van der Waals surface area contributed by atoms with Gasteiger partial charge in [-0.05, 0) is 12.1 Å². The van der Waals surface area contributed by atoms with Gasteiger partial charge in [-0.2, -0.15) is 0 Å². The summed E-state index contributed by atoms with van der Waals surface area (Å²) in [6.45, 7) is 0. The predicted molar refractivity (Wildman–Crippen MR) is 40.8 cm³/mol. The fourth-order valence-electron chi connectivity index (χ4n) is 0.676. The standard InChI is InChI=1S/C7H8O2P/c8-6-10(9)7-4-2-1-3-5-7/h1-5,8H,6H2/q+1. The second-order valence-electron chi connectivity index (χ2n) is 1.86. The third-order valence-electron chi connectivity index (χ3n) is 1.17. The molecule has 0 aliphatic rings. The number of hydrogen-bond donors (Lipinski definition) is 1. The minimum Gasteiger partial charge on any atom is -0.353 e. The van der Waals surface area contributed by atoms with Gasteiger partial charge in [-0.25, -0.2) is 0 Å². The van der Waals surface area contributed by atoms with Crippen LogP contribution in [0.2, 0.25) is 0 Å². The number of aliphatic hydroxyl groups is 1. The normalized spacial score (nSPS) is 11.1. The van der Waals surface area contributed by atoms with E-state index in [1.807, 2.05) is 6.07 Å². The van der Waals surface area contributed by atoms with Crippen LogP contribution < -0.4 is 5.30 Å². The van der Waals surface area contributed by atoms with Crippen LogP contribution in [0.3, 0.4) is 0 Å². The number of rotatable bonds is 2. The first kappa shape index (κ1) is 7.39. The van der Waals surface area contributed by atoms with Crippen molar-refractivity contribution in [2.75, 3.05) is 6.35 Å². The summed E-state index contributed by atoms with van der Waals surface area (Å²) in [7, 11) is -1.57. The van der Waals surface area contributed by atoms with Crippen LogP contribution in [0.15, 0.2) is 30.3 Å². The smallest absolute Gasteiger partial charge is 0.353 e. The average molecular weight is 155 g/mol. The Morgan fingerprint density at radius 1 is 1.30 bits per heavy atom. The van der Waals surface area contributed by atoms with E-state index in [1.54, 1.807) is 24.3 Å². The minimum atomic E-state index is -1.57. The lowest BCUT2D eigenvalue weighted by atomic mass is 10.4.